The smallest absolute Gasteiger partial charge is 0.407 e. The average molecular weight is 519 g/mol. The molecule has 1 amide bonds. The molecule has 0 aliphatic rings. The number of ether oxygens (including phenoxy) is 2. The van der Waals surface area contributed by atoms with Crippen LogP contribution in [0, 0.1) is 6.92 Å². The third kappa shape index (κ3) is 6.56. The van der Waals surface area contributed by atoms with E-state index in [0.717, 1.165) is 34.5 Å². The molecule has 10 heteroatoms. The molecule has 200 valence electrons. The van der Waals surface area contributed by atoms with Crippen LogP contribution >= 0.6 is 0 Å². The first-order chi connectivity index (χ1) is 18.1. The maximum atomic E-state index is 11.8. The Morgan fingerprint density at radius 1 is 1.13 bits per heavy atom. The van der Waals surface area contributed by atoms with E-state index >= 15 is 0 Å². The third-order valence-electron chi connectivity index (χ3n) is 5.70. The first-order valence-corrected chi connectivity index (χ1v) is 12.7. The van der Waals surface area contributed by atoms with Crippen LogP contribution in [0.1, 0.15) is 45.4 Å². The van der Waals surface area contributed by atoms with Crippen LogP contribution in [0.25, 0.3) is 34.2 Å². The summed E-state index contributed by atoms with van der Waals surface area (Å²) in [5.74, 6) is 1.35. The van der Waals surface area contributed by atoms with Crippen molar-refractivity contribution in [1.82, 2.24) is 30.2 Å². The highest BCUT2D eigenvalue weighted by molar-refractivity contribution is 5.68. The Morgan fingerprint density at radius 3 is 2.61 bits per heavy atom. The highest BCUT2D eigenvalue weighted by Gasteiger charge is 2.19. The lowest BCUT2D eigenvalue weighted by atomic mass is 10.1. The maximum absolute atomic E-state index is 11.8. The third-order valence-corrected chi connectivity index (χ3v) is 5.70. The van der Waals surface area contributed by atoms with Gasteiger partial charge in [-0.15, -0.1) is 0 Å². The number of nitrogens with zero attached hydrogens (tertiary/aromatic N) is 5. The molecule has 1 N–H and O–H groups in total. The van der Waals surface area contributed by atoms with E-state index in [1.54, 1.807) is 4.68 Å². The minimum absolute atomic E-state index is 0.341. The van der Waals surface area contributed by atoms with Crippen molar-refractivity contribution in [2.45, 2.75) is 53.1 Å². The topological polar surface area (TPSA) is 117 Å². The zero-order valence-electron chi connectivity index (χ0n) is 22.7. The number of aromatic nitrogens is 5. The minimum Gasteiger partial charge on any atom is -0.477 e. The van der Waals surface area contributed by atoms with Gasteiger partial charge in [-0.2, -0.15) is 10.1 Å². The first-order valence-electron chi connectivity index (χ1n) is 12.7. The number of carbonyl (C=O) groups is 1. The summed E-state index contributed by atoms with van der Waals surface area (Å²) in [5, 5.41) is 11.5. The fourth-order valence-electron chi connectivity index (χ4n) is 3.86. The Kier molecular flexibility index (Phi) is 8.09. The van der Waals surface area contributed by atoms with E-state index < -0.39 is 11.7 Å². The lowest BCUT2D eigenvalue weighted by molar-refractivity contribution is 0.0525. The molecular weight excluding hydrogens is 484 g/mol. The molecule has 0 bridgehead atoms. The molecule has 4 rings (SSSR count). The molecule has 3 heterocycles. The second-order valence-electron chi connectivity index (χ2n) is 9.90. The van der Waals surface area contributed by atoms with Crippen LogP contribution < -0.4 is 10.1 Å². The molecule has 0 fully saturated rings. The number of carbonyl (C=O) groups excluding carboxylic acids is 1. The van der Waals surface area contributed by atoms with Crippen molar-refractivity contribution in [1.29, 1.82) is 0 Å². The SMILES string of the molecule is CCc1cc(-c2noc(-c3cc(-c4ccccc4)n(C)n3)n2)c(C)nc1OCCCNC(=O)OC(C)(C)C. The second-order valence-corrected chi connectivity index (χ2v) is 9.90. The quantitative estimate of drug-likeness (QED) is 0.294. The summed E-state index contributed by atoms with van der Waals surface area (Å²) in [7, 11) is 1.89. The van der Waals surface area contributed by atoms with Gasteiger partial charge in [0.1, 0.15) is 5.60 Å². The molecule has 38 heavy (non-hydrogen) atoms. The molecule has 0 radical (unpaired) electrons. The van der Waals surface area contributed by atoms with Crippen molar-refractivity contribution in [3.63, 3.8) is 0 Å². The average Bonchev–Trinajstić information content (AvgIpc) is 3.50. The summed E-state index contributed by atoms with van der Waals surface area (Å²) in [5.41, 5.74) is 4.51. The maximum Gasteiger partial charge on any atom is 0.407 e. The normalized spacial score (nSPS) is 11.4. The molecule has 0 atom stereocenters. The lowest BCUT2D eigenvalue weighted by Crippen LogP contribution is -2.33. The molecule has 0 unspecified atom stereocenters. The summed E-state index contributed by atoms with van der Waals surface area (Å²) in [4.78, 5) is 21.0. The first kappa shape index (κ1) is 26.8. The number of pyridine rings is 1. The van der Waals surface area contributed by atoms with Crippen LogP contribution in [0.5, 0.6) is 5.88 Å². The van der Waals surface area contributed by atoms with Gasteiger partial charge in [-0.05, 0) is 58.2 Å². The van der Waals surface area contributed by atoms with Crippen LogP contribution in [0.15, 0.2) is 47.0 Å². The number of aryl methyl sites for hydroxylation is 3. The van der Waals surface area contributed by atoms with Crippen LogP contribution in [-0.2, 0) is 18.2 Å². The Labute approximate surface area is 222 Å². The lowest BCUT2D eigenvalue weighted by Gasteiger charge is -2.19. The van der Waals surface area contributed by atoms with Crippen LogP contribution in [0.2, 0.25) is 0 Å². The number of amides is 1. The summed E-state index contributed by atoms with van der Waals surface area (Å²) in [6, 6.07) is 13.9. The number of hydrogen-bond donors (Lipinski definition) is 1. The van der Waals surface area contributed by atoms with Crippen molar-refractivity contribution in [2.24, 2.45) is 7.05 Å². The van der Waals surface area contributed by atoms with Crippen molar-refractivity contribution >= 4 is 6.09 Å². The largest absolute Gasteiger partial charge is 0.477 e. The van der Waals surface area contributed by atoms with Gasteiger partial charge in [0.15, 0.2) is 5.69 Å². The Balaban J connectivity index is 1.43. The fourth-order valence-corrected chi connectivity index (χ4v) is 3.86. The molecule has 0 spiro atoms. The monoisotopic (exact) mass is 518 g/mol. The van der Waals surface area contributed by atoms with Gasteiger partial charge < -0.3 is 19.3 Å². The number of hydrogen-bond acceptors (Lipinski definition) is 8. The fraction of sp³-hybridized carbons (Fsp3) is 0.393. The van der Waals surface area contributed by atoms with Crippen molar-refractivity contribution in [2.75, 3.05) is 13.2 Å². The summed E-state index contributed by atoms with van der Waals surface area (Å²) in [6.07, 6.45) is 0.900. The van der Waals surface area contributed by atoms with Crippen molar-refractivity contribution < 1.29 is 18.8 Å². The zero-order valence-corrected chi connectivity index (χ0v) is 22.7. The highest BCUT2D eigenvalue weighted by atomic mass is 16.6. The molecule has 0 saturated heterocycles. The Hall–Kier alpha value is -4.21. The molecule has 3 aromatic heterocycles. The van der Waals surface area contributed by atoms with Crippen LogP contribution in [-0.4, -0.2) is 49.8 Å². The Morgan fingerprint density at radius 2 is 1.89 bits per heavy atom. The molecule has 10 nitrogen and oxygen atoms in total. The standard InChI is InChI=1S/C28H34N6O4/c1-7-19-16-21(18(2)30-25(19)36-15-11-14-29-27(35)37-28(3,4)5)24-31-26(38-33-24)22-17-23(34(6)32-22)20-12-9-8-10-13-20/h8-10,12-13,16-17H,7,11,14-15H2,1-6H3,(H,29,35). The van der Waals surface area contributed by atoms with Gasteiger partial charge >= 0.3 is 6.09 Å². The molecule has 0 aliphatic carbocycles. The number of nitrogens with one attached hydrogen (secondary N) is 1. The van der Waals surface area contributed by atoms with E-state index in [4.69, 9.17) is 14.0 Å². The van der Waals surface area contributed by atoms with Crippen LogP contribution in [0.4, 0.5) is 4.79 Å². The van der Waals surface area contributed by atoms with Gasteiger partial charge in [-0.25, -0.2) is 9.78 Å². The van der Waals surface area contributed by atoms with Gasteiger partial charge in [0, 0.05) is 24.7 Å². The van der Waals surface area contributed by atoms with Crippen molar-refractivity contribution in [3.8, 4) is 40.1 Å². The highest BCUT2D eigenvalue weighted by Crippen LogP contribution is 2.30. The second kappa shape index (κ2) is 11.5. The van der Waals surface area contributed by atoms with E-state index in [0.29, 0.717) is 42.9 Å². The molecular formula is C28H34N6O4. The van der Waals surface area contributed by atoms with Crippen LogP contribution in [0.3, 0.4) is 0 Å². The van der Waals surface area contributed by atoms with E-state index in [1.807, 2.05) is 84.1 Å². The molecule has 0 saturated carbocycles. The van der Waals surface area contributed by atoms with Gasteiger partial charge in [0.2, 0.25) is 11.7 Å². The number of alkyl carbamates (subject to hydrolysis) is 1. The summed E-state index contributed by atoms with van der Waals surface area (Å²) < 4.78 is 18.5. The van der Waals surface area contributed by atoms with Gasteiger partial charge in [0.05, 0.1) is 18.0 Å². The zero-order chi connectivity index (χ0) is 27.3. The molecule has 0 aliphatic heterocycles. The predicted molar refractivity (Wildman–Crippen MR) is 144 cm³/mol. The van der Waals surface area contributed by atoms with E-state index in [2.05, 4.69) is 25.5 Å². The van der Waals surface area contributed by atoms with Gasteiger partial charge in [-0.1, -0.05) is 42.4 Å². The minimum atomic E-state index is -0.526. The number of benzene rings is 1. The van der Waals surface area contributed by atoms with E-state index in [-0.39, 0.29) is 0 Å². The van der Waals surface area contributed by atoms with Gasteiger partial charge in [0.25, 0.3) is 5.89 Å². The van der Waals surface area contributed by atoms with E-state index in [1.165, 1.54) is 0 Å². The van der Waals surface area contributed by atoms with Gasteiger partial charge in [-0.3, -0.25) is 4.68 Å². The van der Waals surface area contributed by atoms with E-state index in [9.17, 15) is 4.79 Å². The predicted octanol–water partition coefficient (Wildman–Crippen LogP) is 5.36. The summed E-state index contributed by atoms with van der Waals surface area (Å²) in [6.45, 7) is 10.3. The molecule has 1 aromatic carbocycles. The Bertz CT molecular complexity index is 1390. The number of rotatable bonds is 9. The summed E-state index contributed by atoms with van der Waals surface area (Å²) >= 11 is 0. The van der Waals surface area contributed by atoms with Crippen molar-refractivity contribution in [3.05, 3.63) is 53.7 Å². The molecule has 4 aromatic rings.